The molecular formula is C15H17F3N2O3. The van der Waals surface area contributed by atoms with Gasteiger partial charge in [-0.15, -0.1) is 0 Å². The second-order valence-corrected chi connectivity index (χ2v) is 5.73. The molecule has 5 nitrogen and oxygen atoms in total. The highest BCUT2D eigenvalue weighted by atomic mass is 19.4. The van der Waals surface area contributed by atoms with Crippen LogP contribution in [0.1, 0.15) is 26.2 Å². The van der Waals surface area contributed by atoms with E-state index in [1.165, 1.54) is 29.2 Å². The Labute approximate surface area is 131 Å². The summed E-state index contributed by atoms with van der Waals surface area (Å²) in [5, 5.41) is 1.90. The number of nitrogens with one attached hydrogen (secondary N) is 1. The molecule has 3 rings (SSSR count). The SMILES string of the molecule is C[C@@H]1CCCCN1C(=O)NC1(C(F)(F)F)Oc2ccccc2O1. The largest absolute Gasteiger partial charge is 0.492 e. The monoisotopic (exact) mass is 330 g/mol. The first-order valence-electron chi connectivity index (χ1n) is 7.45. The van der Waals surface area contributed by atoms with Gasteiger partial charge >= 0.3 is 18.1 Å². The van der Waals surface area contributed by atoms with E-state index < -0.39 is 18.1 Å². The molecule has 0 unspecified atom stereocenters. The average Bonchev–Trinajstić information content (AvgIpc) is 2.86. The Bertz CT molecular complexity index is 581. The molecule has 0 saturated carbocycles. The molecule has 1 N–H and O–H groups in total. The van der Waals surface area contributed by atoms with E-state index in [0.29, 0.717) is 6.54 Å². The Hall–Kier alpha value is -2.12. The van der Waals surface area contributed by atoms with Crippen LogP contribution in [0.5, 0.6) is 11.5 Å². The van der Waals surface area contributed by atoms with Gasteiger partial charge in [0.15, 0.2) is 11.5 Å². The van der Waals surface area contributed by atoms with Gasteiger partial charge in [-0.05, 0) is 38.3 Å². The molecule has 0 aliphatic carbocycles. The summed E-state index contributed by atoms with van der Waals surface area (Å²) in [6.07, 6.45) is -2.46. The fourth-order valence-corrected chi connectivity index (χ4v) is 2.80. The van der Waals surface area contributed by atoms with Crippen molar-refractivity contribution in [2.24, 2.45) is 0 Å². The van der Waals surface area contributed by atoms with Gasteiger partial charge in [0.25, 0.3) is 0 Å². The molecule has 0 bridgehead atoms. The third-order valence-corrected chi connectivity index (χ3v) is 4.07. The number of carbonyl (C=O) groups excluding carboxylic acids is 1. The number of amides is 2. The number of ether oxygens (including phenoxy) is 2. The standard InChI is InChI=1S/C15H17F3N2O3/c1-10-6-4-5-9-20(10)13(21)19-15(14(16,17)18)22-11-7-2-3-8-12(11)23-15/h2-3,7-8,10H,4-6,9H2,1H3,(H,19,21)/t10-/m1/s1. The van der Waals surface area contributed by atoms with Crippen molar-refractivity contribution in [3.8, 4) is 11.5 Å². The molecule has 2 aliphatic rings. The smallest absolute Gasteiger partial charge is 0.424 e. The van der Waals surface area contributed by atoms with E-state index in [0.717, 1.165) is 19.3 Å². The minimum absolute atomic E-state index is 0.0585. The van der Waals surface area contributed by atoms with Gasteiger partial charge in [0, 0.05) is 12.6 Å². The van der Waals surface area contributed by atoms with E-state index >= 15 is 0 Å². The summed E-state index contributed by atoms with van der Waals surface area (Å²) in [6, 6.07) is 4.81. The fourth-order valence-electron chi connectivity index (χ4n) is 2.80. The molecule has 126 valence electrons. The van der Waals surface area contributed by atoms with Crippen LogP contribution in [0.25, 0.3) is 0 Å². The third kappa shape index (κ3) is 2.77. The van der Waals surface area contributed by atoms with Gasteiger partial charge in [0.2, 0.25) is 0 Å². The maximum atomic E-state index is 13.5. The number of hydrogen-bond donors (Lipinski definition) is 1. The third-order valence-electron chi connectivity index (χ3n) is 4.07. The number of para-hydroxylation sites is 2. The number of likely N-dealkylation sites (tertiary alicyclic amines) is 1. The van der Waals surface area contributed by atoms with Crippen molar-refractivity contribution >= 4 is 6.03 Å². The summed E-state index contributed by atoms with van der Waals surface area (Å²) < 4.78 is 50.5. The fraction of sp³-hybridized carbons (Fsp3) is 0.533. The molecule has 0 radical (unpaired) electrons. The van der Waals surface area contributed by atoms with Crippen LogP contribution in [0.3, 0.4) is 0 Å². The number of rotatable bonds is 1. The second kappa shape index (κ2) is 5.50. The van der Waals surface area contributed by atoms with Crippen molar-refractivity contribution < 1.29 is 27.4 Å². The lowest BCUT2D eigenvalue weighted by Crippen LogP contribution is -2.67. The maximum Gasteiger partial charge on any atom is 0.492 e. The number of carbonyl (C=O) groups is 1. The molecule has 2 heterocycles. The van der Waals surface area contributed by atoms with Crippen LogP contribution in [0, 0.1) is 0 Å². The summed E-state index contributed by atoms with van der Waals surface area (Å²) in [5.74, 6) is -3.31. The molecule has 23 heavy (non-hydrogen) atoms. The molecule has 0 spiro atoms. The van der Waals surface area contributed by atoms with Crippen molar-refractivity contribution in [3.05, 3.63) is 24.3 Å². The maximum absolute atomic E-state index is 13.5. The number of nitrogens with zero attached hydrogens (tertiary/aromatic N) is 1. The number of piperidine rings is 1. The predicted molar refractivity (Wildman–Crippen MR) is 75.0 cm³/mol. The first-order valence-corrected chi connectivity index (χ1v) is 7.45. The number of fused-ring (bicyclic) bond motifs is 1. The highest BCUT2D eigenvalue weighted by Gasteiger charge is 2.66. The number of benzene rings is 1. The Morgan fingerprint density at radius 3 is 2.39 bits per heavy atom. The van der Waals surface area contributed by atoms with E-state index in [1.807, 2.05) is 12.2 Å². The van der Waals surface area contributed by atoms with Crippen molar-refractivity contribution in [1.29, 1.82) is 0 Å². The quantitative estimate of drug-likeness (QED) is 0.860. The molecule has 1 saturated heterocycles. The Kier molecular flexibility index (Phi) is 3.77. The Morgan fingerprint density at radius 1 is 1.26 bits per heavy atom. The molecule has 2 aliphatic heterocycles. The zero-order valence-corrected chi connectivity index (χ0v) is 12.5. The lowest BCUT2D eigenvalue weighted by atomic mass is 10.0. The number of alkyl halides is 3. The zero-order valence-electron chi connectivity index (χ0n) is 12.5. The summed E-state index contributed by atoms with van der Waals surface area (Å²) in [4.78, 5) is 13.7. The first kappa shape index (κ1) is 15.8. The molecule has 1 aromatic carbocycles. The van der Waals surface area contributed by atoms with E-state index in [2.05, 4.69) is 0 Å². The lowest BCUT2D eigenvalue weighted by molar-refractivity contribution is -0.318. The van der Waals surface area contributed by atoms with Gasteiger partial charge < -0.3 is 14.4 Å². The molecule has 0 aromatic heterocycles. The van der Waals surface area contributed by atoms with E-state index in [4.69, 9.17) is 9.47 Å². The summed E-state index contributed by atoms with van der Waals surface area (Å²) in [6.45, 7) is 2.22. The van der Waals surface area contributed by atoms with Crippen LogP contribution in [-0.2, 0) is 0 Å². The Balaban J connectivity index is 1.83. The molecule has 8 heteroatoms. The zero-order chi connectivity index (χ0) is 16.7. The minimum Gasteiger partial charge on any atom is -0.424 e. The van der Waals surface area contributed by atoms with Crippen molar-refractivity contribution in [1.82, 2.24) is 10.2 Å². The van der Waals surface area contributed by atoms with E-state index in [1.54, 1.807) is 0 Å². The lowest BCUT2D eigenvalue weighted by Gasteiger charge is -2.37. The van der Waals surface area contributed by atoms with Crippen LogP contribution in [0.4, 0.5) is 18.0 Å². The van der Waals surface area contributed by atoms with Gasteiger partial charge in [-0.2, -0.15) is 13.2 Å². The van der Waals surface area contributed by atoms with Gasteiger partial charge in [-0.1, -0.05) is 12.1 Å². The number of hydrogen-bond acceptors (Lipinski definition) is 3. The second-order valence-electron chi connectivity index (χ2n) is 5.73. The topological polar surface area (TPSA) is 50.8 Å². The van der Waals surface area contributed by atoms with Crippen molar-refractivity contribution in [3.63, 3.8) is 0 Å². The normalized spacial score (nSPS) is 22.8. The minimum atomic E-state index is -4.93. The first-order chi connectivity index (χ1) is 10.8. The van der Waals surface area contributed by atoms with Crippen LogP contribution in [0.15, 0.2) is 24.3 Å². The highest BCUT2D eigenvalue weighted by Crippen LogP contribution is 2.45. The molecule has 1 aromatic rings. The average molecular weight is 330 g/mol. The summed E-state index contributed by atoms with van der Waals surface area (Å²) >= 11 is 0. The van der Waals surface area contributed by atoms with Crippen LogP contribution in [-0.4, -0.2) is 35.6 Å². The molecule has 1 fully saturated rings. The van der Waals surface area contributed by atoms with Crippen LogP contribution in [0.2, 0.25) is 0 Å². The van der Waals surface area contributed by atoms with E-state index in [-0.39, 0.29) is 17.5 Å². The summed E-state index contributed by atoms with van der Waals surface area (Å²) in [5.41, 5.74) is 0. The van der Waals surface area contributed by atoms with Crippen LogP contribution < -0.4 is 14.8 Å². The number of halogens is 3. The predicted octanol–water partition coefficient (Wildman–Crippen LogP) is 3.26. The summed E-state index contributed by atoms with van der Waals surface area (Å²) in [7, 11) is 0. The van der Waals surface area contributed by atoms with Gasteiger partial charge in [-0.3, -0.25) is 5.32 Å². The van der Waals surface area contributed by atoms with Gasteiger partial charge in [0.1, 0.15) is 0 Å². The molecule has 2 amide bonds. The van der Waals surface area contributed by atoms with Crippen molar-refractivity contribution in [2.75, 3.05) is 6.54 Å². The highest BCUT2D eigenvalue weighted by molar-refractivity contribution is 5.75. The number of urea groups is 1. The van der Waals surface area contributed by atoms with Gasteiger partial charge in [-0.25, -0.2) is 4.79 Å². The van der Waals surface area contributed by atoms with Crippen molar-refractivity contribution in [2.45, 2.75) is 44.3 Å². The Morgan fingerprint density at radius 2 is 1.87 bits per heavy atom. The molecular weight excluding hydrogens is 313 g/mol. The van der Waals surface area contributed by atoms with E-state index in [9.17, 15) is 18.0 Å². The molecule has 1 atom stereocenters. The van der Waals surface area contributed by atoms with Gasteiger partial charge in [0.05, 0.1) is 0 Å². The van der Waals surface area contributed by atoms with Crippen LogP contribution >= 0.6 is 0 Å².